The average Bonchev–Trinajstić information content (AvgIpc) is 2.57. The van der Waals surface area contributed by atoms with Gasteiger partial charge in [-0.2, -0.15) is 4.98 Å². The van der Waals surface area contributed by atoms with Crippen molar-refractivity contribution >= 4 is 5.82 Å². The van der Waals surface area contributed by atoms with Gasteiger partial charge >= 0.3 is 0 Å². The first-order chi connectivity index (χ1) is 6.68. The molecule has 0 saturated heterocycles. The molecule has 0 aromatic carbocycles. The maximum Gasteiger partial charge on any atom is 0.237 e. The molecule has 0 amide bonds. The molecule has 0 fully saturated rings. The molecule has 72 valence electrons. The standard InChI is InChI=1S/C8H8FN5/c1-5-11-2-3-14(5)8-12-4-6(9)7(10)13-8/h2-4H,1H3,(H2,10,12,13). The molecule has 14 heavy (non-hydrogen) atoms. The number of halogens is 1. The van der Waals surface area contributed by atoms with Gasteiger partial charge in [0, 0.05) is 12.4 Å². The molecule has 6 heteroatoms. The van der Waals surface area contributed by atoms with Gasteiger partial charge in [-0.05, 0) is 6.92 Å². The molecule has 0 atom stereocenters. The van der Waals surface area contributed by atoms with Crippen LogP contribution in [0.4, 0.5) is 10.2 Å². The molecular weight excluding hydrogens is 185 g/mol. The second-order valence-corrected chi connectivity index (χ2v) is 2.75. The van der Waals surface area contributed by atoms with E-state index in [0.717, 1.165) is 12.0 Å². The molecular formula is C8H8FN5. The number of nitrogens with two attached hydrogens (primary N) is 1. The summed E-state index contributed by atoms with van der Waals surface area (Å²) in [5.74, 6) is 0.254. The summed E-state index contributed by atoms with van der Waals surface area (Å²) in [6.45, 7) is 1.79. The van der Waals surface area contributed by atoms with E-state index in [-0.39, 0.29) is 5.82 Å². The third-order valence-corrected chi connectivity index (χ3v) is 1.80. The van der Waals surface area contributed by atoms with Crippen LogP contribution in [-0.2, 0) is 0 Å². The number of nitrogen functional groups attached to an aromatic ring is 1. The molecule has 0 spiro atoms. The Labute approximate surface area is 79.4 Å². The summed E-state index contributed by atoms with van der Waals surface area (Å²) < 4.78 is 14.4. The number of hydrogen-bond donors (Lipinski definition) is 1. The summed E-state index contributed by atoms with van der Waals surface area (Å²) in [5.41, 5.74) is 5.32. The first kappa shape index (κ1) is 8.61. The minimum atomic E-state index is -0.619. The number of imidazole rings is 1. The topological polar surface area (TPSA) is 69.6 Å². The van der Waals surface area contributed by atoms with E-state index in [4.69, 9.17) is 5.73 Å². The van der Waals surface area contributed by atoms with Gasteiger partial charge in [0.2, 0.25) is 5.95 Å². The highest BCUT2D eigenvalue weighted by Crippen LogP contribution is 2.09. The van der Waals surface area contributed by atoms with E-state index >= 15 is 0 Å². The Hall–Kier alpha value is -1.98. The van der Waals surface area contributed by atoms with Gasteiger partial charge in [0.05, 0.1) is 6.20 Å². The lowest BCUT2D eigenvalue weighted by Gasteiger charge is -2.03. The Morgan fingerprint density at radius 2 is 2.21 bits per heavy atom. The second-order valence-electron chi connectivity index (χ2n) is 2.75. The van der Waals surface area contributed by atoms with E-state index in [1.807, 2.05) is 0 Å². The maximum atomic E-state index is 12.8. The van der Waals surface area contributed by atoms with Crippen LogP contribution in [0.25, 0.3) is 5.95 Å². The highest BCUT2D eigenvalue weighted by atomic mass is 19.1. The van der Waals surface area contributed by atoms with Gasteiger partial charge in [-0.25, -0.2) is 14.4 Å². The molecule has 0 radical (unpaired) electrons. The van der Waals surface area contributed by atoms with Crippen LogP contribution in [0.3, 0.4) is 0 Å². The number of aromatic nitrogens is 4. The zero-order valence-corrected chi connectivity index (χ0v) is 7.48. The highest BCUT2D eigenvalue weighted by molar-refractivity contribution is 5.32. The van der Waals surface area contributed by atoms with Crippen molar-refractivity contribution < 1.29 is 4.39 Å². The smallest absolute Gasteiger partial charge is 0.237 e. The SMILES string of the molecule is Cc1nccn1-c1ncc(F)c(N)n1. The first-order valence-corrected chi connectivity index (χ1v) is 3.97. The molecule has 0 aliphatic carbocycles. The van der Waals surface area contributed by atoms with Gasteiger partial charge in [0.25, 0.3) is 0 Å². The first-order valence-electron chi connectivity index (χ1n) is 3.97. The third kappa shape index (κ3) is 1.30. The monoisotopic (exact) mass is 193 g/mol. The Balaban J connectivity index is 2.53. The van der Waals surface area contributed by atoms with E-state index in [2.05, 4.69) is 15.0 Å². The van der Waals surface area contributed by atoms with Crippen molar-refractivity contribution in [2.75, 3.05) is 5.73 Å². The van der Waals surface area contributed by atoms with Crippen molar-refractivity contribution in [2.45, 2.75) is 6.92 Å². The number of rotatable bonds is 1. The fraction of sp³-hybridized carbons (Fsp3) is 0.125. The molecule has 0 aliphatic heterocycles. The molecule has 2 heterocycles. The van der Waals surface area contributed by atoms with Crippen molar-refractivity contribution in [2.24, 2.45) is 0 Å². The third-order valence-electron chi connectivity index (χ3n) is 1.80. The minimum absolute atomic E-state index is 0.164. The van der Waals surface area contributed by atoms with Crippen molar-refractivity contribution in [3.63, 3.8) is 0 Å². The summed E-state index contributed by atoms with van der Waals surface area (Å²) >= 11 is 0. The minimum Gasteiger partial charge on any atom is -0.381 e. The van der Waals surface area contributed by atoms with E-state index < -0.39 is 5.82 Å². The fourth-order valence-corrected chi connectivity index (χ4v) is 1.08. The Morgan fingerprint density at radius 1 is 1.43 bits per heavy atom. The van der Waals surface area contributed by atoms with Crippen LogP contribution in [-0.4, -0.2) is 19.5 Å². The van der Waals surface area contributed by atoms with Gasteiger partial charge in [-0.15, -0.1) is 0 Å². The predicted molar refractivity (Wildman–Crippen MR) is 48.3 cm³/mol. The van der Waals surface area contributed by atoms with Crippen LogP contribution >= 0.6 is 0 Å². The van der Waals surface area contributed by atoms with Crippen molar-refractivity contribution in [3.8, 4) is 5.95 Å². The van der Waals surface area contributed by atoms with Gasteiger partial charge in [0.1, 0.15) is 5.82 Å². The average molecular weight is 193 g/mol. The van der Waals surface area contributed by atoms with Gasteiger partial charge in [0.15, 0.2) is 11.6 Å². The summed E-state index contributed by atoms with van der Waals surface area (Å²) in [7, 11) is 0. The van der Waals surface area contributed by atoms with Gasteiger partial charge in [-0.3, -0.25) is 4.57 Å². The van der Waals surface area contributed by atoms with Crippen LogP contribution in [0, 0.1) is 12.7 Å². The van der Waals surface area contributed by atoms with Crippen molar-refractivity contribution in [3.05, 3.63) is 30.2 Å². The second kappa shape index (κ2) is 3.06. The van der Waals surface area contributed by atoms with Crippen LogP contribution in [0.5, 0.6) is 0 Å². The summed E-state index contributed by atoms with van der Waals surface area (Å²) in [5, 5.41) is 0. The van der Waals surface area contributed by atoms with Gasteiger partial charge in [-0.1, -0.05) is 0 Å². The normalized spacial score (nSPS) is 10.4. The van der Waals surface area contributed by atoms with E-state index in [1.165, 1.54) is 0 Å². The molecule has 0 saturated carbocycles. The van der Waals surface area contributed by atoms with Crippen molar-refractivity contribution in [1.82, 2.24) is 19.5 Å². The lowest BCUT2D eigenvalue weighted by molar-refractivity contribution is 0.616. The lowest BCUT2D eigenvalue weighted by Crippen LogP contribution is -2.05. The molecule has 0 bridgehead atoms. The van der Waals surface area contributed by atoms with E-state index in [9.17, 15) is 4.39 Å². The zero-order chi connectivity index (χ0) is 10.1. The highest BCUT2D eigenvalue weighted by Gasteiger charge is 2.06. The maximum absolute atomic E-state index is 12.8. The zero-order valence-electron chi connectivity index (χ0n) is 7.48. The quantitative estimate of drug-likeness (QED) is 0.723. The van der Waals surface area contributed by atoms with E-state index in [0.29, 0.717) is 5.95 Å². The van der Waals surface area contributed by atoms with Crippen LogP contribution < -0.4 is 5.73 Å². The lowest BCUT2D eigenvalue weighted by atomic mass is 10.5. The molecule has 5 nitrogen and oxygen atoms in total. The molecule has 2 aromatic heterocycles. The van der Waals surface area contributed by atoms with Crippen molar-refractivity contribution in [1.29, 1.82) is 0 Å². The summed E-state index contributed by atoms with van der Waals surface area (Å²) in [6, 6.07) is 0. The largest absolute Gasteiger partial charge is 0.381 e. The molecule has 2 aromatic rings. The molecule has 2 N–H and O–H groups in total. The number of aryl methyl sites for hydroxylation is 1. The Morgan fingerprint density at radius 3 is 2.79 bits per heavy atom. The number of nitrogens with zero attached hydrogens (tertiary/aromatic N) is 4. The molecule has 2 rings (SSSR count). The van der Waals surface area contributed by atoms with Crippen LogP contribution in [0.15, 0.2) is 18.6 Å². The predicted octanol–water partition coefficient (Wildman–Crippen LogP) is 0.692. The number of anilines is 1. The van der Waals surface area contributed by atoms with Gasteiger partial charge < -0.3 is 5.73 Å². The van der Waals surface area contributed by atoms with Crippen LogP contribution in [0.2, 0.25) is 0 Å². The Kier molecular flexibility index (Phi) is 1.88. The molecule has 0 unspecified atom stereocenters. The summed E-state index contributed by atoms with van der Waals surface area (Å²) in [4.78, 5) is 11.6. The number of hydrogen-bond acceptors (Lipinski definition) is 4. The molecule has 0 aliphatic rings. The summed E-state index contributed by atoms with van der Waals surface area (Å²) in [6.07, 6.45) is 4.33. The fourth-order valence-electron chi connectivity index (χ4n) is 1.08. The van der Waals surface area contributed by atoms with E-state index in [1.54, 1.807) is 23.9 Å². The Bertz CT molecular complexity index is 465. The van der Waals surface area contributed by atoms with Crippen LogP contribution in [0.1, 0.15) is 5.82 Å².